The average Bonchev–Trinajstić information content (AvgIpc) is 2.99. The molecule has 3 rings (SSSR count). The predicted molar refractivity (Wildman–Crippen MR) is 102 cm³/mol. The number of fused-ring (bicyclic) bond motifs is 1. The van der Waals surface area contributed by atoms with Crippen LogP contribution in [0.4, 0.5) is 5.69 Å². The average molecular weight is 355 g/mol. The second kappa shape index (κ2) is 8.07. The van der Waals surface area contributed by atoms with Gasteiger partial charge in [0.1, 0.15) is 5.75 Å². The lowest BCUT2D eigenvalue weighted by molar-refractivity contribution is -0.115. The number of hydrogen-bond donors (Lipinski definition) is 1. The summed E-state index contributed by atoms with van der Waals surface area (Å²) in [5.74, 6) is 1.45. The number of amides is 1. The standard InChI is InChI=1S/C19H21N3O2S/c1-3-22-17-7-5-4-6-16(17)21-19(22)25-13-12-18(23)20-14-8-10-15(24-2)11-9-14/h4-11H,3,12-13H2,1-2H3,(H,20,23). The molecule has 0 bridgehead atoms. The minimum absolute atomic E-state index is 0.00294. The van der Waals surface area contributed by atoms with Crippen LogP contribution in [-0.4, -0.2) is 28.3 Å². The van der Waals surface area contributed by atoms with Crippen molar-refractivity contribution in [2.24, 2.45) is 0 Å². The third kappa shape index (κ3) is 4.14. The molecule has 0 spiro atoms. The van der Waals surface area contributed by atoms with Gasteiger partial charge in [-0.05, 0) is 43.3 Å². The van der Waals surface area contributed by atoms with E-state index >= 15 is 0 Å². The maximum atomic E-state index is 12.1. The summed E-state index contributed by atoms with van der Waals surface area (Å²) in [5.41, 5.74) is 2.90. The first-order valence-electron chi connectivity index (χ1n) is 8.23. The van der Waals surface area contributed by atoms with Crippen LogP contribution in [0.15, 0.2) is 53.7 Å². The molecule has 1 heterocycles. The second-order valence-electron chi connectivity index (χ2n) is 5.50. The molecule has 1 amide bonds. The largest absolute Gasteiger partial charge is 0.497 e. The number of para-hydroxylation sites is 2. The fraction of sp³-hybridized carbons (Fsp3) is 0.263. The number of rotatable bonds is 7. The Hall–Kier alpha value is -2.47. The van der Waals surface area contributed by atoms with Crippen LogP contribution in [0, 0.1) is 0 Å². The molecule has 25 heavy (non-hydrogen) atoms. The smallest absolute Gasteiger partial charge is 0.225 e. The number of nitrogens with zero attached hydrogens (tertiary/aromatic N) is 2. The molecule has 1 N–H and O–H groups in total. The van der Waals surface area contributed by atoms with Crippen molar-refractivity contribution in [3.05, 3.63) is 48.5 Å². The third-order valence-corrected chi connectivity index (χ3v) is 4.85. The molecule has 2 aromatic carbocycles. The van der Waals surface area contributed by atoms with Crippen LogP contribution >= 0.6 is 11.8 Å². The molecule has 0 fully saturated rings. The summed E-state index contributed by atoms with van der Waals surface area (Å²) in [4.78, 5) is 16.8. The Bertz CT molecular complexity index is 859. The zero-order valence-electron chi connectivity index (χ0n) is 14.4. The monoisotopic (exact) mass is 355 g/mol. The molecular formula is C19H21N3O2S. The van der Waals surface area contributed by atoms with Crippen molar-refractivity contribution in [1.82, 2.24) is 9.55 Å². The normalized spacial score (nSPS) is 10.8. The maximum Gasteiger partial charge on any atom is 0.225 e. The summed E-state index contributed by atoms with van der Waals surface area (Å²) in [6.07, 6.45) is 0.434. The highest BCUT2D eigenvalue weighted by Crippen LogP contribution is 2.24. The lowest BCUT2D eigenvalue weighted by Gasteiger charge is -2.07. The van der Waals surface area contributed by atoms with Gasteiger partial charge in [-0.25, -0.2) is 4.98 Å². The molecule has 6 heteroatoms. The highest BCUT2D eigenvalue weighted by Gasteiger charge is 2.10. The van der Waals surface area contributed by atoms with Crippen LogP contribution in [0.3, 0.4) is 0 Å². The van der Waals surface area contributed by atoms with E-state index in [4.69, 9.17) is 4.74 Å². The molecule has 0 aliphatic carbocycles. The van der Waals surface area contributed by atoms with Gasteiger partial charge in [0.2, 0.25) is 5.91 Å². The van der Waals surface area contributed by atoms with Crippen molar-refractivity contribution >= 4 is 34.4 Å². The van der Waals surface area contributed by atoms with Gasteiger partial charge in [-0.2, -0.15) is 0 Å². The molecule has 0 aliphatic heterocycles. The summed E-state index contributed by atoms with van der Waals surface area (Å²) in [7, 11) is 1.62. The number of aryl methyl sites for hydroxylation is 1. The molecule has 130 valence electrons. The van der Waals surface area contributed by atoms with Crippen molar-refractivity contribution in [3.8, 4) is 5.75 Å². The number of imidazole rings is 1. The molecule has 0 aliphatic rings. The van der Waals surface area contributed by atoms with Gasteiger partial charge in [0.25, 0.3) is 0 Å². The molecule has 3 aromatic rings. The fourth-order valence-corrected chi connectivity index (χ4v) is 3.62. The zero-order chi connectivity index (χ0) is 17.6. The Morgan fingerprint density at radius 3 is 2.68 bits per heavy atom. The summed E-state index contributed by atoms with van der Waals surface area (Å²) in [5, 5.41) is 3.86. The number of carbonyl (C=O) groups is 1. The summed E-state index contributed by atoms with van der Waals surface area (Å²) >= 11 is 1.61. The maximum absolute atomic E-state index is 12.1. The van der Waals surface area contributed by atoms with Gasteiger partial charge < -0.3 is 14.6 Å². The van der Waals surface area contributed by atoms with Crippen molar-refractivity contribution in [3.63, 3.8) is 0 Å². The number of benzene rings is 2. The quantitative estimate of drug-likeness (QED) is 0.646. The molecule has 5 nitrogen and oxygen atoms in total. The number of methoxy groups -OCH3 is 1. The molecule has 0 saturated heterocycles. The molecule has 1 aromatic heterocycles. The number of thioether (sulfide) groups is 1. The Labute approximate surface area is 151 Å². The lowest BCUT2D eigenvalue weighted by atomic mass is 10.3. The van der Waals surface area contributed by atoms with E-state index in [1.54, 1.807) is 18.9 Å². The molecule has 0 unspecified atom stereocenters. The summed E-state index contributed by atoms with van der Waals surface area (Å²) in [6, 6.07) is 15.4. The van der Waals surface area contributed by atoms with Crippen molar-refractivity contribution in [1.29, 1.82) is 0 Å². The van der Waals surface area contributed by atoms with Crippen LogP contribution in [0.1, 0.15) is 13.3 Å². The fourth-order valence-electron chi connectivity index (χ4n) is 2.60. The number of carbonyl (C=O) groups excluding carboxylic acids is 1. The van der Waals surface area contributed by atoms with Crippen molar-refractivity contribution < 1.29 is 9.53 Å². The zero-order valence-corrected chi connectivity index (χ0v) is 15.2. The van der Waals surface area contributed by atoms with Crippen LogP contribution in [0.5, 0.6) is 5.75 Å². The molecular weight excluding hydrogens is 334 g/mol. The van der Waals surface area contributed by atoms with Gasteiger partial charge in [-0.3, -0.25) is 4.79 Å². The molecule has 0 saturated carbocycles. The minimum Gasteiger partial charge on any atom is -0.497 e. The molecule has 0 atom stereocenters. The predicted octanol–water partition coefficient (Wildman–Crippen LogP) is 4.19. The van der Waals surface area contributed by atoms with E-state index in [0.29, 0.717) is 12.2 Å². The Kier molecular flexibility index (Phi) is 5.60. The van der Waals surface area contributed by atoms with Crippen molar-refractivity contribution in [2.75, 3.05) is 18.2 Å². The van der Waals surface area contributed by atoms with Gasteiger partial charge in [0, 0.05) is 24.4 Å². The minimum atomic E-state index is -0.00294. The van der Waals surface area contributed by atoms with E-state index < -0.39 is 0 Å². The van der Waals surface area contributed by atoms with E-state index in [2.05, 4.69) is 27.9 Å². The number of anilines is 1. The van der Waals surface area contributed by atoms with Crippen LogP contribution < -0.4 is 10.1 Å². The van der Waals surface area contributed by atoms with Crippen LogP contribution in [0.2, 0.25) is 0 Å². The number of nitrogens with one attached hydrogen (secondary N) is 1. The van der Waals surface area contributed by atoms with Gasteiger partial charge in [0.15, 0.2) is 5.16 Å². The SMILES string of the molecule is CCn1c(SCCC(=O)Nc2ccc(OC)cc2)nc2ccccc21. The highest BCUT2D eigenvalue weighted by atomic mass is 32.2. The Balaban J connectivity index is 1.56. The topological polar surface area (TPSA) is 56.2 Å². The van der Waals surface area contributed by atoms with E-state index in [9.17, 15) is 4.79 Å². The van der Waals surface area contributed by atoms with Gasteiger partial charge in [-0.15, -0.1) is 0 Å². The Morgan fingerprint density at radius 1 is 1.20 bits per heavy atom. The third-order valence-electron chi connectivity index (χ3n) is 3.87. The van der Waals surface area contributed by atoms with Gasteiger partial charge >= 0.3 is 0 Å². The Morgan fingerprint density at radius 2 is 1.96 bits per heavy atom. The number of aromatic nitrogens is 2. The van der Waals surface area contributed by atoms with E-state index in [1.807, 2.05) is 42.5 Å². The van der Waals surface area contributed by atoms with Gasteiger partial charge in [0.05, 0.1) is 18.1 Å². The van der Waals surface area contributed by atoms with Crippen molar-refractivity contribution in [2.45, 2.75) is 25.0 Å². The van der Waals surface area contributed by atoms with Gasteiger partial charge in [-0.1, -0.05) is 23.9 Å². The number of ether oxygens (including phenoxy) is 1. The first-order valence-corrected chi connectivity index (χ1v) is 9.21. The van der Waals surface area contributed by atoms with Crippen LogP contribution in [-0.2, 0) is 11.3 Å². The van der Waals surface area contributed by atoms with E-state index in [-0.39, 0.29) is 5.91 Å². The lowest BCUT2D eigenvalue weighted by Crippen LogP contribution is -2.12. The summed E-state index contributed by atoms with van der Waals surface area (Å²) < 4.78 is 7.29. The van der Waals surface area contributed by atoms with E-state index in [0.717, 1.165) is 34.2 Å². The second-order valence-corrected chi connectivity index (χ2v) is 6.56. The first-order chi connectivity index (χ1) is 12.2. The number of hydrogen-bond acceptors (Lipinski definition) is 4. The first kappa shape index (κ1) is 17.4. The van der Waals surface area contributed by atoms with E-state index in [1.165, 1.54) is 0 Å². The summed E-state index contributed by atoms with van der Waals surface area (Å²) in [6.45, 7) is 2.97. The van der Waals surface area contributed by atoms with Crippen LogP contribution in [0.25, 0.3) is 11.0 Å². The highest BCUT2D eigenvalue weighted by molar-refractivity contribution is 7.99. The molecule has 0 radical (unpaired) electrons.